The fourth-order valence-electron chi connectivity index (χ4n) is 1.00. The van der Waals surface area contributed by atoms with Crippen LogP contribution in [-0.4, -0.2) is 12.9 Å². The molecule has 15 heavy (non-hydrogen) atoms. The first-order chi connectivity index (χ1) is 7.07. The maximum atomic E-state index is 5.11. The van der Waals surface area contributed by atoms with Crippen LogP contribution in [0.15, 0.2) is 41.8 Å². The first-order valence-corrected chi connectivity index (χ1v) is 5.96. The summed E-state index contributed by atoms with van der Waals surface area (Å²) >= 11 is 1.84. The van der Waals surface area contributed by atoms with Crippen LogP contribution in [0.5, 0.6) is 5.75 Å². The number of allylic oxidation sites excluding steroid dienone is 1. The van der Waals surface area contributed by atoms with E-state index in [9.17, 15) is 0 Å². The van der Waals surface area contributed by atoms with E-state index in [-0.39, 0.29) is 5.41 Å². The number of ether oxygens (including phenoxy) is 1. The average molecular weight is 222 g/mol. The molecule has 0 aliphatic rings. The van der Waals surface area contributed by atoms with Crippen molar-refractivity contribution in [3.05, 3.63) is 36.9 Å². The van der Waals surface area contributed by atoms with Crippen molar-refractivity contribution in [3.63, 3.8) is 0 Å². The molecule has 0 saturated carbocycles. The van der Waals surface area contributed by atoms with Crippen molar-refractivity contribution in [1.29, 1.82) is 0 Å². The predicted molar refractivity (Wildman–Crippen MR) is 67.7 cm³/mol. The van der Waals surface area contributed by atoms with E-state index < -0.39 is 0 Å². The van der Waals surface area contributed by atoms with Crippen molar-refractivity contribution < 1.29 is 4.74 Å². The highest BCUT2D eigenvalue weighted by atomic mass is 32.2. The Bertz CT molecular complexity index is 314. The summed E-state index contributed by atoms with van der Waals surface area (Å²) in [5, 5.41) is 0. The number of benzene rings is 1. The van der Waals surface area contributed by atoms with E-state index in [1.54, 1.807) is 7.11 Å². The van der Waals surface area contributed by atoms with Gasteiger partial charge in [0, 0.05) is 10.6 Å². The Morgan fingerprint density at radius 3 is 2.40 bits per heavy atom. The van der Waals surface area contributed by atoms with Gasteiger partial charge >= 0.3 is 0 Å². The third-order valence-electron chi connectivity index (χ3n) is 2.22. The van der Waals surface area contributed by atoms with E-state index in [4.69, 9.17) is 4.74 Å². The van der Waals surface area contributed by atoms with Crippen molar-refractivity contribution in [2.24, 2.45) is 5.41 Å². The summed E-state index contributed by atoms with van der Waals surface area (Å²) in [5.41, 5.74) is 0.185. The number of hydrogen-bond acceptors (Lipinski definition) is 2. The SMILES string of the molecule is C=CC(C)(C)CSc1ccc(OC)cc1. The third-order valence-corrected chi connectivity index (χ3v) is 3.72. The molecule has 0 saturated heterocycles. The molecular formula is C13H18OS. The minimum Gasteiger partial charge on any atom is -0.497 e. The number of thioether (sulfide) groups is 1. The fraction of sp³-hybridized carbons (Fsp3) is 0.385. The molecule has 0 fully saturated rings. The van der Waals surface area contributed by atoms with Crippen molar-refractivity contribution in [2.75, 3.05) is 12.9 Å². The van der Waals surface area contributed by atoms with Crippen molar-refractivity contribution in [3.8, 4) is 5.75 Å². The lowest BCUT2D eigenvalue weighted by atomic mass is 9.97. The molecule has 0 unspecified atom stereocenters. The first kappa shape index (κ1) is 12.2. The van der Waals surface area contributed by atoms with Crippen LogP contribution < -0.4 is 4.74 Å². The van der Waals surface area contributed by atoms with Gasteiger partial charge in [0.15, 0.2) is 0 Å². The molecule has 0 amide bonds. The zero-order valence-corrected chi connectivity index (χ0v) is 10.4. The Balaban J connectivity index is 2.54. The van der Waals surface area contributed by atoms with E-state index in [1.807, 2.05) is 30.0 Å². The predicted octanol–water partition coefficient (Wildman–Crippen LogP) is 4.00. The Hall–Kier alpha value is -0.890. The fourth-order valence-corrected chi connectivity index (χ4v) is 1.99. The lowest BCUT2D eigenvalue weighted by molar-refractivity contribution is 0.414. The monoisotopic (exact) mass is 222 g/mol. The van der Waals surface area contributed by atoms with Crippen LogP contribution in [0.3, 0.4) is 0 Å². The van der Waals surface area contributed by atoms with Gasteiger partial charge in [-0.15, -0.1) is 18.3 Å². The summed E-state index contributed by atoms with van der Waals surface area (Å²) in [5.74, 6) is 1.95. The standard InChI is InChI=1S/C13H18OS/c1-5-13(2,3)10-15-12-8-6-11(14-4)7-9-12/h5-9H,1,10H2,2-4H3. The Morgan fingerprint density at radius 2 is 1.93 bits per heavy atom. The van der Waals surface area contributed by atoms with Crippen molar-refractivity contribution in [1.82, 2.24) is 0 Å². The molecule has 1 rings (SSSR count). The van der Waals surface area contributed by atoms with Crippen LogP contribution in [0.25, 0.3) is 0 Å². The Labute approximate surface area is 96.5 Å². The lowest BCUT2D eigenvalue weighted by Crippen LogP contribution is -2.09. The molecule has 82 valence electrons. The number of rotatable bonds is 5. The highest BCUT2D eigenvalue weighted by Crippen LogP contribution is 2.29. The summed E-state index contributed by atoms with van der Waals surface area (Å²) in [6, 6.07) is 8.15. The summed E-state index contributed by atoms with van der Waals surface area (Å²) < 4.78 is 5.11. The molecule has 0 radical (unpaired) electrons. The second kappa shape index (κ2) is 5.26. The molecule has 0 aliphatic carbocycles. The van der Waals surface area contributed by atoms with Gasteiger partial charge in [0.05, 0.1) is 7.11 Å². The van der Waals surface area contributed by atoms with Crippen LogP contribution in [0, 0.1) is 5.41 Å². The first-order valence-electron chi connectivity index (χ1n) is 4.98. The zero-order valence-electron chi connectivity index (χ0n) is 9.62. The molecular weight excluding hydrogens is 204 g/mol. The maximum absolute atomic E-state index is 5.11. The van der Waals surface area contributed by atoms with Crippen molar-refractivity contribution >= 4 is 11.8 Å². The summed E-state index contributed by atoms with van der Waals surface area (Å²) in [7, 11) is 1.68. The highest BCUT2D eigenvalue weighted by molar-refractivity contribution is 7.99. The van der Waals surface area contributed by atoms with Crippen LogP contribution in [0.1, 0.15) is 13.8 Å². The minimum atomic E-state index is 0.185. The van der Waals surface area contributed by atoms with E-state index in [0.29, 0.717) is 0 Å². The summed E-state index contributed by atoms with van der Waals surface area (Å²) in [4.78, 5) is 1.27. The summed E-state index contributed by atoms with van der Waals surface area (Å²) in [6.07, 6.45) is 2.00. The molecule has 0 aromatic heterocycles. The number of methoxy groups -OCH3 is 1. The van der Waals surface area contributed by atoms with Gasteiger partial charge in [-0.3, -0.25) is 0 Å². The van der Waals surface area contributed by atoms with E-state index in [0.717, 1.165) is 11.5 Å². The molecule has 0 spiro atoms. The van der Waals surface area contributed by atoms with Crippen LogP contribution in [0.2, 0.25) is 0 Å². The van der Waals surface area contributed by atoms with Crippen LogP contribution >= 0.6 is 11.8 Å². The smallest absolute Gasteiger partial charge is 0.118 e. The quantitative estimate of drug-likeness (QED) is 0.550. The van der Waals surface area contributed by atoms with Crippen LogP contribution in [0.4, 0.5) is 0 Å². The van der Waals surface area contributed by atoms with E-state index in [2.05, 4.69) is 32.6 Å². The molecule has 0 bridgehead atoms. The van der Waals surface area contributed by atoms with E-state index >= 15 is 0 Å². The number of hydrogen-bond donors (Lipinski definition) is 0. The molecule has 0 heterocycles. The average Bonchev–Trinajstić information content (AvgIpc) is 2.27. The van der Waals surface area contributed by atoms with Gasteiger partial charge in [-0.1, -0.05) is 19.9 Å². The van der Waals surface area contributed by atoms with Gasteiger partial charge in [0.25, 0.3) is 0 Å². The van der Waals surface area contributed by atoms with E-state index in [1.165, 1.54) is 4.90 Å². The van der Waals surface area contributed by atoms with Gasteiger partial charge < -0.3 is 4.74 Å². The highest BCUT2D eigenvalue weighted by Gasteiger charge is 2.12. The molecule has 2 heteroatoms. The van der Waals surface area contributed by atoms with Gasteiger partial charge in [0.1, 0.15) is 5.75 Å². The summed E-state index contributed by atoms with van der Waals surface area (Å²) in [6.45, 7) is 8.22. The normalized spacial score (nSPS) is 11.1. The molecule has 1 aromatic carbocycles. The zero-order chi connectivity index (χ0) is 11.3. The molecule has 0 aliphatic heterocycles. The second-order valence-electron chi connectivity index (χ2n) is 4.16. The Morgan fingerprint density at radius 1 is 1.33 bits per heavy atom. The van der Waals surface area contributed by atoms with Gasteiger partial charge in [0.2, 0.25) is 0 Å². The second-order valence-corrected chi connectivity index (χ2v) is 5.21. The topological polar surface area (TPSA) is 9.23 Å². The third kappa shape index (κ3) is 4.00. The molecule has 0 N–H and O–H groups in total. The minimum absolute atomic E-state index is 0.185. The Kier molecular flexibility index (Phi) is 4.28. The maximum Gasteiger partial charge on any atom is 0.118 e. The van der Waals surface area contributed by atoms with Crippen molar-refractivity contribution in [2.45, 2.75) is 18.7 Å². The largest absolute Gasteiger partial charge is 0.497 e. The lowest BCUT2D eigenvalue weighted by Gasteiger charge is -2.18. The van der Waals surface area contributed by atoms with Crippen LogP contribution in [-0.2, 0) is 0 Å². The van der Waals surface area contributed by atoms with Gasteiger partial charge in [-0.05, 0) is 29.7 Å². The molecule has 1 aromatic rings. The molecule has 1 nitrogen and oxygen atoms in total. The molecule has 0 atom stereocenters. The van der Waals surface area contributed by atoms with Gasteiger partial charge in [-0.25, -0.2) is 0 Å². The van der Waals surface area contributed by atoms with Gasteiger partial charge in [-0.2, -0.15) is 0 Å².